The van der Waals surface area contributed by atoms with Crippen LogP contribution in [0, 0.1) is 17.6 Å². The van der Waals surface area contributed by atoms with E-state index in [1.807, 2.05) is 4.90 Å². The lowest BCUT2D eigenvalue weighted by Crippen LogP contribution is -2.28. The zero-order valence-electron chi connectivity index (χ0n) is 9.59. The second-order valence-corrected chi connectivity index (χ2v) is 5.51. The fraction of sp³-hybridized carbons (Fsp3) is 0.500. The van der Waals surface area contributed by atoms with Crippen LogP contribution >= 0.6 is 15.9 Å². The van der Waals surface area contributed by atoms with Gasteiger partial charge in [-0.25, -0.2) is 8.78 Å². The van der Waals surface area contributed by atoms with Gasteiger partial charge in [0.1, 0.15) is 11.6 Å². The third-order valence-corrected chi connectivity index (χ3v) is 3.88. The zero-order valence-corrected chi connectivity index (χ0v) is 11.2. The summed E-state index contributed by atoms with van der Waals surface area (Å²) in [6.07, 6.45) is 0. The Bertz CT molecular complexity index is 415. The lowest BCUT2D eigenvalue weighted by Gasteiger charge is -2.16. The van der Waals surface area contributed by atoms with Crippen molar-refractivity contribution in [3.05, 3.63) is 33.8 Å². The Morgan fingerprint density at radius 1 is 1.41 bits per heavy atom. The van der Waals surface area contributed by atoms with E-state index in [1.54, 1.807) is 0 Å². The first kappa shape index (κ1) is 12.9. The van der Waals surface area contributed by atoms with Gasteiger partial charge in [0.25, 0.3) is 0 Å². The van der Waals surface area contributed by atoms with Gasteiger partial charge in [-0.05, 0) is 34.0 Å². The van der Waals surface area contributed by atoms with Crippen molar-refractivity contribution in [2.24, 2.45) is 11.7 Å². The van der Waals surface area contributed by atoms with Crippen molar-refractivity contribution < 1.29 is 8.78 Å². The highest BCUT2D eigenvalue weighted by molar-refractivity contribution is 9.10. The summed E-state index contributed by atoms with van der Waals surface area (Å²) >= 11 is 3.07. The highest BCUT2D eigenvalue weighted by atomic mass is 79.9. The Labute approximate surface area is 108 Å². The molecule has 1 aromatic rings. The number of nitrogens with two attached hydrogens (primary N) is 1. The van der Waals surface area contributed by atoms with Crippen molar-refractivity contribution in [2.45, 2.75) is 19.5 Å². The molecule has 1 saturated heterocycles. The molecule has 1 fully saturated rings. The molecule has 0 aliphatic carbocycles. The molecule has 1 aromatic carbocycles. The minimum Gasteiger partial charge on any atom is -0.326 e. The molecule has 2 unspecified atom stereocenters. The summed E-state index contributed by atoms with van der Waals surface area (Å²) in [5, 5.41) is 0. The second-order valence-electron chi connectivity index (χ2n) is 4.66. The summed E-state index contributed by atoms with van der Waals surface area (Å²) in [5.74, 6) is -0.648. The van der Waals surface area contributed by atoms with E-state index in [2.05, 4.69) is 22.9 Å². The number of hydrogen-bond acceptors (Lipinski definition) is 2. The van der Waals surface area contributed by atoms with E-state index in [0.29, 0.717) is 16.9 Å². The minimum absolute atomic E-state index is 0.0910. The average molecular weight is 305 g/mol. The average Bonchev–Trinajstić information content (AvgIpc) is 2.59. The molecule has 1 aliphatic rings. The van der Waals surface area contributed by atoms with E-state index in [9.17, 15) is 8.78 Å². The highest BCUT2D eigenvalue weighted by Gasteiger charge is 2.27. The first-order chi connectivity index (χ1) is 7.99. The van der Waals surface area contributed by atoms with Crippen molar-refractivity contribution in [3.8, 4) is 0 Å². The number of hydrogen-bond donors (Lipinski definition) is 1. The molecule has 0 spiro atoms. The Balaban J connectivity index is 2.17. The third kappa shape index (κ3) is 2.67. The molecular formula is C12H15BrF2N2. The molecule has 1 aliphatic heterocycles. The van der Waals surface area contributed by atoms with Gasteiger partial charge in [-0.3, -0.25) is 4.90 Å². The molecular weight excluding hydrogens is 290 g/mol. The number of rotatable bonds is 2. The summed E-state index contributed by atoms with van der Waals surface area (Å²) in [7, 11) is 0. The quantitative estimate of drug-likeness (QED) is 0.851. The largest absolute Gasteiger partial charge is 0.326 e. The fourth-order valence-corrected chi connectivity index (χ4v) is 2.53. The molecule has 94 valence electrons. The van der Waals surface area contributed by atoms with Crippen molar-refractivity contribution >= 4 is 15.9 Å². The lowest BCUT2D eigenvalue weighted by atomic mass is 10.1. The molecule has 5 heteroatoms. The van der Waals surface area contributed by atoms with Crippen molar-refractivity contribution in [1.82, 2.24) is 4.90 Å². The Morgan fingerprint density at radius 3 is 2.71 bits per heavy atom. The maximum atomic E-state index is 13.8. The first-order valence-electron chi connectivity index (χ1n) is 5.59. The van der Waals surface area contributed by atoms with Crippen LogP contribution in [0.25, 0.3) is 0 Å². The van der Waals surface area contributed by atoms with Gasteiger partial charge in [0.2, 0.25) is 0 Å². The molecule has 2 N–H and O–H groups in total. The summed E-state index contributed by atoms with van der Waals surface area (Å²) in [4.78, 5) is 1.99. The van der Waals surface area contributed by atoms with Crippen LogP contribution in [0.5, 0.6) is 0 Å². The van der Waals surface area contributed by atoms with Crippen LogP contribution in [0.3, 0.4) is 0 Å². The monoisotopic (exact) mass is 304 g/mol. The smallest absolute Gasteiger partial charge is 0.144 e. The zero-order chi connectivity index (χ0) is 12.6. The van der Waals surface area contributed by atoms with Crippen LogP contribution in [0.2, 0.25) is 0 Å². The van der Waals surface area contributed by atoms with E-state index >= 15 is 0 Å². The number of benzene rings is 1. The molecule has 0 saturated carbocycles. The van der Waals surface area contributed by atoms with Crippen LogP contribution < -0.4 is 5.73 Å². The predicted octanol–water partition coefficient (Wildman–Crippen LogP) is 2.51. The minimum atomic E-state index is -0.516. The molecule has 2 nitrogen and oxygen atoms in total. The van der Waals surface area contributed by atoms with Gasteiger partial charge >= 0.3 is 0 Å². The molecule has 17 heavy (non-hydrogen) atoms. The highest BCUT2D eigenvalue weighted by Crippen LogP contribution is 2.25. The maximum Gasteiger partial charge on any atom is 0.144 e. The van der Waals surface area contributed by atoms with Gasteiger partial charge in [-0.2, -0.15) is 0 Å². The van der Waals surface area contributed by atoms with Crippen LogP contribution in [0.1, 0.15) is 12.5 Å². The Morgan fingerprint density at radius 2 is 2.12 bits per heavy atom. The summed E-state index contributed by atoms with van der Waals surface area (Å²) < 4.78 is 27.6. The molecule has 0 aromatic heterocycles. The van der Waals surface area contributed by atoms with E-state index < -0.39 is 11.6 Å². The Kier molecular flexibility index (Phi) is 3.80. The van der Waals surface area contributed by atoms with Crippen molar-refractivity contribution in [1.29, 1.82) is 0 Å². The standard InChI is InChI=1S/C12H15BrF2N2/c1-7-4-17(6-11(7)16)5-8-10(14)3-2-9(13)12(8)15/h2-3,7,11H,4-6,16H2,1H3. The summed E-state index contributed by atoms with van der Waals surface area (Å²) in [6.45, 7) is 3.80. The topological polar surface area (TPSA) is 29.3 Å². The fourth-order valence-electron chi connectivity index (χ4n) is 2.16. The molecule has 0 amide bonds. The Hall–Kier alpha value is -0.520. The molecule has 2 rings (SSSR count). The summed E-state index contributed by atoms with van der Waals surface area (Å²) in [5.41, 5.74) is 6.00. The normalized spacial score (nSPS) is 25.5. The third-order valence-electron chi connectivity index (χ3n) is 3.27. The van der Waals surface area contributed by atoms with Crippen molar-refractivity contribution in [3.63, 3.8) is 0 Å². The number of likely N-dealkylation sites (tertiary alicyclic amines) is 1. The van der Waals surface area contributed by atoms with Crippen LogP contribution in [0.4, 0.5) is 8.78 Å². The van der Waals surface area contributed by atoms with Crippen LogP contribution in [0.15, 0.2) is 16.6 Å². The van der Waals surface area contributed by atoms with Gasteiger partial charge in [-0.15, -0.1) is 0 Å². The van der Waals surface area contributed by atoms with E-state index in [1.165, 1.54) is 12.1 Å². The molecule has 1 heterocycles. The maximum absolute atomic E-state index is 13.8. The van der Waals surface area contributed by atoms with E-state index in [0.717, 1.165) is 6.54 Å². The van der Waals surface area contributed by atoms with Gasteiger partial charge in [-0.1, -0.05) is 6.92 Å². The van der Waals surface area contributed by atoms with Gasteiger partial charge in [0, 0.05) is 31.2 Å². The van der Waals surface area contributed by atoms with Crippen LogP contribution in [-0.2, 0) is 6.54 Å². The predicted molar refractivity (Wildman–Crippen MR) is 66.5 cm³/mol. The van der Waals surface area contributed by atoms with Crippen LogP contribution in [-0.4, -0.2) is 24.0 Å². The second kappa shape index (κ2) is 5.00. The van der Waals surface area contributed by atoms with Gasteiger partial charge < -0.3 is 5.73 Å². The number of nitrogens with zero attached hydrogens (tertiary/aromatic N) is 1. The van der Waals surface area contributed by atoms with E-state index in [-0.39, 0.29) is 18.2 Å². The molecule has 0 radical (unpaired) electrons. The molecule has 0 bridgehead atoms. The van der Waals surface area contributed by atoms with Crippen molar-refractivity contribution in [2.75, 3.05) is 13.1 Å². The first-order valence-corrected chi connectivity index (χ1v) is 6.38. The van der Waals surface area contributed by atoms with E-state index in [4.69, 9.17) is 5.73 Å². The lowest BCUT2D eigenvalue weighted by molar-refractivity contribution is 0.307. The van der Waals surface area contributed by atoms with Gasteiger partial charge in [0.05, 0.1) is 4.47 Å². The van der Waals surface area contributed by atoms with Gasteiger partial charge in [0.15, 0.2) is 0 Å². The summed E-state index contributed by atoms with van der Waals surface area (Å²) in [6, 6.07) is 2.75. The molecule has 2 atom stereocenters. The SMILES string of the molecule is CC1CN(Cc2c(F)ccc(Br)c2F)CC1N. The number of halogens is 3.